The second-order valence-corrected chi connectivity index (χ2v) is 16.0. The molecular weight excluding hydrogens is 757 g/mol. The predicted octanol–water partition coefficient (Wildman–Crippen LogP) is 4.37. The number of H-pyrrole nitrogens is 1. The van der Waals surface area contributed by atoms with Crippen molar-refractivity contribution in [2.75, 3.05) is 70.8 Å². The van der Waals surface area contributed by atoms with E-state index >= 15 is 0 Å². The number of carbonyl (C=O) groups is 3. The third-order valence-corrected chi connectivity index (χ3v) is 11.4. The summed E-state index contributed by atoms with van der Waals surface area (Å²) in [5, 5.41) is 11.4. The van der Waals surface area contributed by atoms with Crippen LogP contribution in [-0.2, 0) is 19.0 Å². The van der Waals surface area contributed by atoms with Crippen LogP contribution in [0.3, 0.4) is 0 Å². The minimum absolute atomic E-state index is 0.0591. The van der Waals surface area contributed by atoms with Crippen molar-refractivity contribution in [1.82, 2.24) is 35.3 Å². The second-order valence-electron chi connectivity index (χ2n) is 16.0. The van der Waals surface area contributed by atoms with E-state index in [2.05, 4.69) is 68.7 Å². The summed E-state index contributed by atoms with van der Waals surface area (Å²) in [7, 11) is 0. The van der Waals surface area contributed by atoms with Gasteiger partial charge in [0.1, 0.15) is 47.6 Å². The fraction of sp³-hybridized carbons (Fsp3) is 0.488. The molecule has 1 saturated carbocycles. The number of nitrogens with zero attached hydrogens (tertiary/aromatic N) is 6. The van der Waals surface area contributed by atoms with Crippen molar-refractivity contribution in [2.24, 2.45) is 0 Å². The Balaban J connectivity index is 0.698. The van der Waals surface area contributed by atoms with Crippen molar-refractivity contribution in [3.05, 3.63) is 72.2 Å². The summed E-state index contributed by atoms with van der Waals surface area (Å²) in [5.41, 5.74) is 3.51. The van der Waals surface area contributed by atoms with Crippen molar-refractivity contribution in [3.8, 4) is 22.9 Å². The fourth-order valence-electron chi connectivity index (χ4n) is 8.00. The molecule has 2 saturated heterocycles. The lowest BCUT2D eigenvalue weighted by Crippen LogP contribution is -2.57. The van der Waals surface area contributed by atoms with Crippen molar-refractivity contribution < 1.29 is 38.1 Å². The molecule has 2 aromatic heterocycles. The van der Waals surface area contributed by atoms with Crippen LogP contribution in [0.4, 0.5) is 5.82 Å². The largest absolute Gasteiger partial charge is 0.491 e. The van der Waals surface area contributed by atoms with Crippen LogP contribution in [0.15, 0.2) is 61.1 Å². The summed E-state index contributed by atoms with van der Waals surface area (Å²) in [5.74, 6) is 0.801. The van der Waals surface area contributed by atoms with E-state index in [9.17, 15) is 14.4 Å². The number of piperazine rings is 1. The number of allylic oxidation sites excluding steroid dienone is 1. The van der Waals surface area contributed by atoms with E-state index in [0.29, 0.717) is 76.0 Å². The monoisotopic (exact) mass is 808 g/mol. The molecule has 5 heterocycles. The lowest BCUT2D eigenvalue weighted by atomic mass is 10.0. The van der Waals surface area contributed by atoms with Gasteiger partial charge in [-0.1, -0.05) is 6.58 Å². The molecule has 16 heteroatoms. The van der Waals surface area contributed by atoms with Crippen molar-refractivity contribution in [3.63, 3.8) is 0 Å². The highest BCUT2D eigenvalue weighted by molar-refractivity contribution is 6.23. The number of amides is 3. The van der Waals surface area contributed by atoms with Crippen LogP contribution in [0.1, 0.15) is 67.2 Å². The lowest BCUT2D eigenvalue weighted by Gasteiger charge is -2.44. The molecule has 2 aromatic carbocycles. The average molecular weight is 809 g/mol. The number of nitrogens with one attached hydrogen (secondary N) is 2. The molecule has 0 radical (unpaired) electrons. The zero-order chi connectivity index (χ0) is 41.1. The van der Waals surface area contributed by atoms with Gasteiger partial charge in [0.25, 0.3) is 11.8 Å². The zero-order valence-corrected chi connectivity index (χ0v) is 33.9. The quantitative estimate of drug-likeness (QED) is 0.107. The van der Waals surface area contributed by atoms with Crippen LogP contribution in [-0.4, -0.2) is 137 Å². The first-order chi connectivity index (χ1) is 28.6. The Morgan fingerprint density at radius 2 is 1.53 bits per heavy atom. The molecule has 4 aliphatic rings. The van der Waals surface area contributed by atoms with Gasteiger partial charge < -0.3 is 33.9 Å². The summed E-state index contributed by atoms with van der Waals surface area (Å²) >= 11 is 0. The molecule has 312 valence electrons. The van der Waals surface area contributed by atoms with Gasteiger partial charge in [0, 0.05) is 48.9 Å². The number of hydrogen-bond acceptors (Lipinski definition) is 13. The van der Waals surface area contributed by atoms with Gasteiger partial charge in [-0.2, -0.15) is 5.10 Å². The molecule has 3 aliphatic heterocycles. The number of fused-ring (bicyclic) bond motifs is 2. The summed E-state index contributed by atoms with van der Waals surface area (Å²) in [6.45, 7) is 15.8. The number of rotatable bonds is 18. The summed E-state index contributed by atoms with van der Waals surface area (Å²) in [4.78, 5) is 53.5. The van der Waals surface area contributed by atoms with Crippen LogP contribution in [0.5, 0.6) is 11.5 Å². The number of carbonyl (C=O) groups excluding carboxylic acids is 3. The second kappa shape index (κ2) is 17.4. The molecule has 4 aromatic rings. The predicted molar refractivity (Wildman–Crippen MR) is 218 cm³/mol. The molecule has 3 amide bonds. The molecule has 3 atom stereocenters. The molecule has 8 rings (SSSR count). The number of hydrogen-bond donors (Lipinski definition) is 2. The Hall–Kier alpha value is -5.42. The lowest BCUT2D eigenvalue weighted by molar-refractivity contribution is -0.125. The maximum absolute atomic E-state index is 13.1. The van der Waals surface area contributed by atoms with Crippen LogP contribution in [0.25, 0.3) is 22.3 Å². The van der Waals surface area contributed by atoms with Gasteiger partial charge >= 0.3 is 0 Å². The normalized spacial score (nSPS) is 21.6. The third kappa shape index (κ3) is 9.10. The number of aromatic amines is 1. The molecular formula is C43H52N8O8. The van der Waals surface area contributed by atoms with Crippen LogP contribution in [0.2, 0.25) is 0 Å². The minimum Gasteiger partial charge on any atom is -0.491 e. The first-order valence-corrected chi connectivity index (χ1v) is 20.4. The van der Waals surface area contributed by atoms with Gasteiger partial charge in [0.15, 0.2) is 0 Å². The molecule has 3 fully saturated rings. The number of anilines is 1. The van der Waals surface area contributed by atoms with Gasteiger partial charge in [-0.3, -0.25) is 29.3 Å². The first kappa shape index (κ1) is 40.4. The summed E-state index contributed by atoms with van der Waals surface area (Å²) in [6.07, 6.45) is 4.63. The molecule has 2 N–H and O–H groups in total. The highest BCUT2D eigenvalue weighted by Gasteiger charge is 2.44. The standard InChI is InChI=1S/C43H52N8O8/c1-27-5-10-37(40(52)46-27)51-41(53)32-8-6-30(21-33(32)42(51)54)58-20-19-57-18-17-56-16-15-55-14-13-50-28(2)24-49(25-29(50)3)38-23-36(44-26-45-38)39-34-22-31(59-43(4)11-12-43)7-9-35(34)47-48-39/h6-9,21-23,26,28-29,37H,1,5,10-20,24-25H2,2-4H3,(H,46,52)(H,47,48)/t28-,29+,37?. The van der Waals surface area contributed by atoms with Crippen LogP contribution < -0.4 is 19.7 Å². The van der Waals surface area contributed by atoms with Gasteiger partial charge in [-0.05, 0) is 82.9 Å². The van der Waals surface area contributed by atoms with E-state index in [1.54, 1.807) is 24.5 Å². The number of benzene rings is 2. The smallest absolute Gasteiger partial charge is 0.262 e. The van der Waals surface area contributed by atoms with E-state index in [-0.39, 0.29) is 23.3 Å². The van der Waals surface area contributed by atoms with Crippen molar-refractivity contribution in [2.45, 2.75) is 70.2 Å². The third-order valence-electron chi connectivity index (χ3n) is 11.4. The molecule has 0 bridgehead atoms. The van der Waals surface area contributed by atoms with E-state index < -0.39 is 23.8 Å². The van der Waals surface area contributed by atoms with E-state index in [0.717, 1.165) is 71.2 Å². The topological polar surface area (TPSA) is 174 Å². The molecule has 16 nitrogen and oxygen atoms in total. The Morgan fingerprint density at radius 1 is 0.831 bits per heavy atom. The summed E-state index contributed by atoms with van der Waals surface area (Å²) in [6, 6.07) is 12.6. The Labute approximate surface area is 343 Å². The molecule has 59 heavy (non-hydrogen) atoms. The molecule has 1 aliphatic carbocycles. The van der Waals surface area contributed by atoms with E-state index in [1.807, 2.05) is 18.2 Å². The number of aromatic nitrogens is 4. The van der Waals surface area contributed by atoms with Gasteiger partial charge in [-0.25, -0.2) is 9.97 Å². The molecule has 1 unspecified atom stereocenters. The van der Waals surface area contributed by atoms with Gasteiger partial charge in [0.2, 0.25) is 5.91 Å². The first-order valence-electron chi connectivity index (χ1n) is 20.4. The van der Waals surface area contributed by atoms with Gasteiger partial charge in [0.05, 0.1) is 62.0 Å². The Morgan fingerprint density at radius 3 is 2.25 bits per heavy atom. The number of imide groups is 1. The van der Waals surface area contributed by atoms with Crippen LogP contribution >= 0.6 is 0 Å². The Kier molecular flexibility index (Phi) is 11.9. The van der Waals surface area contributed by atoms with E-state index in [4.69, 9.17) is 23.7 Å². The maximum Gasteiger partial charge on any atom is 0.262 e. The SMILES string of the molecule is C=C1CCC(N2C(=O)c3ccc(OCCOCCOCCOCCN4[C@H](C)CN(c5cc(-c6n[nH]c7ccc(OC8(C)CC8)cc67)ncn5)C[C@@H]4C)cc3C2=O)C(=O)N1. The zero-order valence-electron chi connectivity index (χ0n) is 33.9. The van der Waals surface area contributed by atoms with Crippen molar-refractivity contribution >= 4 is 34.4 Å². The number of piperidine rings is 1. The highest BCUT2D eigenvalue weighted by atomic mass is 16.6. The van der Waals surface area contributed by atoms with Gasteiger partial charge in [-0.15, -0.1) is 0 Å². The minimum atomic E-state index is -0.853. The summed E-state index contributed by atoms with van der Waals surface area (Å²) < 4.78 is 29.2. The Bertz CT molecular complexity index is 2190. The van der Waals surface area contributed by atoms with Crippen molar-refractivity contribution in [1.29, 1.82) is 0 Å². The average Bonchev–Trinajstić information content (AvgIpc) is 3.70. The highest BCUT2D eigenvalue weighted by Crippen LogP contribution is 2.41. The maximum atomic E-state index is 13.1. The number of ether oxygens (including phenoxy) is 5. The van der Waals surface area contributed by atoms with E-state index in [1.165, 1.54) is 0 Å². The fourth-order valence-corrected chi connectivity index (χ4v) is 8.00. The van der Waals surface area contributed by atoms with Crippen LogP contribution in [0, 0.1) is 0 Å². The molecule has 0 spiro atoms.